The van der Waals surface area contributed by atoms with Gasteiger partial charge in [-0.3, -0.25) is 4.72 Å². The van der Waals surface area contributed by atoms with Crippen LogP contribution in [0.1, 0.15) is 11.8 Å². The Bertz CT molecular complexity index is 728. The third-order valence-electron chi connectivity index (χ3n) is 2.62. The van der Waals surface area contributed by atoms with Crippen molar-refractivity contribution in [3.63, 3.8) is 0 Å². The molecule has 2 N–H and O–H groups in total. The molecule has 0 aliphatic rings. The molecule has 8 heteroatoms. The summed E-state index contributed by atoms with van der Waals surface area (Å²) >= 11 is 1.14. The highest BCUT2D eigenvalue weighted by Gasteiger charge is 2.20. The molecule has 0 bridgehead atoms. The molecule has 0 saturated heterocycles. The summed E-state index contributed by atoms with van der Waals surface area (Å²) in [5, 5.41) is 10.7. The second-order valence-corrected chi connectivity index (χ2v) is 6.70. The van der Waals surface area contributed by atoms with Crippen LogP contribution < -0.4 is 9.46 Å². The van der Waals surface area contributed by atoms with Crippen molar-refractivity contribution in [3.8, 4) is 5.75 Å². The predicted octanol–water partition coefficient (Wildman–Crippen LogP) is 2.58. The Morgan fingerprint density at radius 3 is 2.76 bits per heavy atom. The lowest BCUT2D eigenvalue weighted by molar-refractivity contribution is 0.282. The number of aliphatic hydroxyl groups excluding tert-OH is 1. The van der Waals surface area contributed by atoms with Crippen LogP contribution in [-0.2, 0) is 16.6 Å². The van der Waals surface area contributed by atoms with E-state index in [9.17, 15) is 12.8 Å². The van der Waals surface area contributed by atoms with Gasteiger partial charge in [0.1, 0.15) is 4.90 Å². The van der Waals surface area contributed by atoms with Crippen LogP contribution in [0.4, 0.5) is 10.1 Å². The van der Waals surface area contributed by atoms with Crippen molar-refractivity contribution in [2.45, 2.75) is 18.4 Å². The summed E-state index contributed by atoms with van der Waals surface area (Å²) in [5.74, 6) is -0.586. The highest BCUT2D eigenvalue weighted by Crippen LogP contribution is 2.26. The maximum absolute atomic E-state index is 13.7. The van der Waals surface area contributed by atoms with Gasteiger partial charge in [-0.25, -0.2) is 12.8 Å². The van der Waals surface area contributed by atoms with Gasteiger partial charge in [0.25, 0.3) is 10.0 Å². The quantitative estimate of drug-likeness (QED) is 0.853. The van der Waals surface area contributed by atoms with E-state index >= 15 is 0 Å². The third kappa shape index (κ3) is 3.52. The Hall–Kier alpha value is -1.64. The number of hydrogen-bond donors (Lipinski definition) is 2. The second-order valence-electron chi connectivity index (χ2n) is 4.05. The van der Waals surface area contributed by atoms with E-state index in [2.05, 4.69) is 4.72 Å². The molecule has 5 nitrogen and oxygen atoms in total. The fourth-order valence-corrected chi connectivity index (χ4v) is 4.08. The summed E-state index contributed by atoms with van der Waals surface area (Å²) in [6, 6.07) is 5.21. The number of rotatable bonds is 6. The zero-order valence-corrected chi connectivity index (χ0v) is 12.8. The van der Waals surface area contributed by atoms with Crippen LogP contribution in [0.25, 0.3) is 0 Å². The number of thiophene rings is 1. The lowest BCUT2D eigenvalue weighted by Gasteiger charge is -2.10. The minimum absolute atomic E-state index is 0.00991. The molecule has 0 spiro atoms. The Morgan fingerprint density at radius 2 is 2.14 bits per heavy atom. The molecule has 0 aliphatic carbocycles. The van der Waals surface area contributed by atoms with E-state index in [0.717, 1.165) is 17.4 Å². The number of anilines is 1. The van der Waals surface area contributed by atoms with E-state index in [1.54, 1.807) is 12.3 Å². The van der Waals surface area contributed by atoms with E-state index in [0.29, 0.717) is 11.5 Å². The van der Waals surface area contributed by atoms with Gasteiger partial charge in [0.05, 0.1) is 23.8 Å². The molecule has 2 aromatic rings. The first kappa shape index (κ1) is 15.7. The van der Waals surface area contributed by atoms with E-state index in [1.807, 2.05) is 0 Å². The molecule has 2 rings (SSSR count). The topological polar surface area (TPSA) is 75.6 Å². The Balaban J connectivity index is 2.27. The highest BCUT2D eigenvalue weighted by molar-refractivity contribution is 7.93. The number of hydrogen-bond acceptors (Lipinski definition) is 5. The fraction of sp³-hybridized carbons (Fsp3) is 0.231. The molecule has 1 aromatic heterocycles. The second kappa shape index (κ2) is 6.42. The van der Waals surface area contributed by atoms with E-state index in [4.69, 9.17) is 9.84 Å². The predicted molar refractivity (Wildman–Crippen MR) is 78.6 cm³/mol. The monoisotopic (exact) mass is 331 g/mol. The number of ether oxygens (including phenoxy) is 1. The van der Waals surface area contributed by atoms with Crippen molar-refractivity contribution in [1.29, 1.82) is 0 Å². The van der Waals surface area contributed by atoms with Gasteiger partial charge in [-0.1, -0.05) is 0 Å². The van der Waals surface area contributed by atoms with Crippen molar-refractivity contribution in [1.82, 2.24) is 0 Å². The average molecular weight is 331 g/mol. The first-order valence-corrected chi connectivity index (χ1v) is 8.46. The number of nitrogens with one attached hydrogen (secondary N) is 1. The van der Waals surface area contributed by atoms with Crippen LogP contribution in [0.2, 0.25) is 0 Å². The molecule has 0 aliphatic heterocycles. The highest BCUT2D eigenvalue weighted by atomic mass is 32.2. The smallest absolute Gasteiger partial charge is 0.263 e. The van der Waals surface area contributed by atoms with Gasteiger partial charge < -0.3 is 9.84 Å². The van der Waals surface area contributed by atoms with Gasteiger partial charge >= 0.3 is 0 Å². The van der Waals surface area contributed by atoms with Crippen LogP contribution in [0.15, 0.2) is 34.5 Å². The van der Waals surface area contributed by atoms with Crippen molar-refractivity contribution in [3.05, 3.63) is 40.3 Å². The molecule has 0 atom stereocenters. The summed E-state index contributed by atoms with van der Waals surface area (Å²) in [6.45, 7) is 1.67. The van der Waals surface area contributed by atoms with Gasteiger partial charge in [0.2, 0.25) is 0 Å². The van der Waals surface area contributed by atoms with Gasteiger partial charge in [-0.2, -0.15) is 0 Å². The fourth-order valence-electron chi connectivity index (χ4n) is 1.73. The molecule has 0 radical (unpaired) electrons. The maximum atomic E-state index is 13.7. The van der Waals surface area contributed by atoms with Crippen molar-refractivity contribution >= 4 is 27.0 Å². The van der Waals surface area contributed by atoms with E-state index < -0.39 is 15.8 Å². The van der Waals surface area contributed by atoms with Crippen LogP contribution >= 0.6 is 11.3 Å². The standard InChI is InChI=1S/C13H14FNO4S2/c1-2-19-11-4-3-9(7-10(11)14)15-21(17,18)13-5-6-20-12(13)8-16/h3-7,15-16H,2,8H2,1H3. The van der Waals surface area contributed by atoms with E-state index in [1.165, 1.54) is 18.2 Å². The van der Waals surface area contributed by atoms with Gasteiger partial charge in [-0.15, -0.1) is 11.3 Å². The van der Waals surface area contributed by atoms with Crippen LogP contribution in [0, 0.1) is 5.82 Å². The molecule has 1 aromatic carbocycles. The number of halogens is 1. The van der Waals surface area contributed by atoms with Crippen LogP contribution in [-0.4, -0.2) is 20.1 Å². The normalized spacial score (nSPS) is 11.4. The Labute approximate surface area is 126 Å². The van der Waals surface area contributed by atoms with Gasteiger partial charge in [0, 0.05) is 6.07 Å². The van der Waals surface area contributed by atoms with E-state index in [-0.39, 0.29) is 22.9 Å². The third-order valence-corrected chi connectivity index (χ3v) is 5.12. The van der Waals surface area contributed by atoms with Crippen LogP contribution in [0.3, 0.4) is 0 Å². The molecular weight excluding hydrogens is 317 g/mol. The Kier molecular flexibility index (Phi) is 4.81. The summed E-state index contributed by atoms with van der Waals surface area (Å²) in [5.41, 5.74) is 0.0889. The minimum Gasteiger partial charge on any atom is -0.491 e. The van der Waals surface area contributed by atoms with Crippen molar-refractivity contribution < 1.29 is 22.7 Å². The van der Waals surface area contributed by atoms with Gasteiger partial charge in [-0.05, 0) is 30.5 Å². The molecule has 21 heavy (non-hydrogen) atoms. The molecular formula is C13H14FNO4S2. The van der Waals surface area contributed by atoms with Crippen molar-refractivity contribution in [2.75, 3.05) is 11.3 Å². The lowest BCUT2D eigenvalue weighted by atomic mass is 10.3. The summed E-state index contributed by atoms with van der Waals surface area (Å²) in [7, 11) is -3.86. The van der Waals surface area contributed by atoms with Gasteiger partial charge in [0.15, 0.2) is 11.6 Å². The van der Waals surface area contributed by atoms with Crippen LogP contribution in [0.5, 0.6) is 5.75 Å². The first-order chi connectivity index (χ1) is 9.97. The Morgan fingerprint density at radius 1 is 1.38 bits per heavy atom. The average Bonchev–Trinajstić information content (AvgIpc) is 2.91. The molecule has 0 unspecified atom stereocenters. The number of benzene rings is 1. The molecule has 0 fully saturated rings. The zero-order valence-electron chi connectivity index (χ0n) is 11.2. The molecule has 114 valence electrons. The largest absolute Gasteiger partial charge is 0.491 e. The molecule has 0 amide bonds. The summed E-state index contributed by atoms with van der Waals surface area (Å²) in [6.07, 6.45) is 0. The minimum atomic E-state index is -3.86. The SMILES string of the molecule is CCOc1ccc(NS(=O)(=O)c2ccsc2CO)cc1F. The lowest BCUT2D eigenvalue weighted by Crippen LogP contribution is -2.14. The number of aliphatic hydroxyl groups is 1. The summed E-state index contributed by atoms with van der Waals surface area (Å²) in [4.78, 5) is 0.318. The van der Waals surface area contributed by atoms with Crippen molar-refractivity contribution in [2.24, 2.45) is 0 Å². The molecule has 1 heterocycles. The number of sulfonamides is 1. The molecule has 0 saturated carbocycles. The summed E-state index contributed by atoms with van der Waals surface area (Å²) < 4.78 is 45.4. The first-order valence-electron chi connectivity index (χ1n) is 6.10. The maximum Gasteiger partial charge on any atom is 0.263 e. The zero-order chi connectivity index (χ0) is 15.5.